The molecule has 1 saturated carbocycles. The third kappa shape index (κ3) is 4.78. The Kier molecular flexibility index (Phi) is 6.05. The van der Waals surface area contributed by atoms with Gasteiger partial charge in [0.1, 0.15) is 0 Å². The number of benzene rings is 2. The van der Waals surface area contributed by atoms with Gasteiger partial charge in [0, 0.05) is 41.4 Å². The van der Waals surface area contributed by atoms with Crippen molar-refractivity contribution < 1.29 is 22.8 Å². The van der Waals surface area contributed by atoms with E-state index in [1.807, 2.05) is 18.2 Å². The van der Waals surface area contributed by atoms with E-state index in [1.54, 1.807) is 18.3 Å². The van der Waals surface area contributed by atoms with Crippen LogP contribution in [0.2, 0.25) is 0 Å². The van der Waals surface area contributed by atoms with Gasteiger partial charge < -0.3 is 10.2 Å². The molecule has 2 heterocycles. The second kappa shape index (κ2) is 9.17. The van der Waals surface area contributed by atoms with Crippen LogP contribution < -0.4 is 10.2 Å². The Labute approximate surface area is 200 Å². The van der Waals surface area contributed by atoms with Crippen LogP contribution in [0.4, 0.5) is 24.5 Å². The van der Waals surface area contributed by atoms with Gasteiger partial charge in [-0.2, -0.15) is 13.2 Å². The fraction of sp³-hybridized carbons (Fsp3) is 0.296. The van der Waals surface area contributed by atoms with Gasteiger partial charge >= 0.3 is 6.18 Å². The topological polar surface area (TPSA) is 62.3 Å². The van der Waals surface area contributed by atoms with Crippen LogP contribution in [0.1, 0.15) is 43.2 Å². The number of amides is 2. The van der Waals surface area contributed by atoms with Gasteiger partial charge in [-0.05, 0) is 55.2 Å². The number of carbonyl (C=O) groups excluding carboxylic acids is 2. The molecule has 1 N–H and O–H groups in total. The van der Waals surface area contributed by atoms with Crippen molar-refractivity contribution in [2.75, 3.05) is 16.8 Å². The number of rotatable bonds is 3. The molecule has 2 aliphatic rings. The Morgan fingerprint density at radius 3 is 2.63 bits per heavy atom. The monoisotopic (exact) mass is 479 g/mol. The maximum Gasteiger partial charge on any atom is 0.416 e. The molecule has 1 aliphatic carbocycles. The standard InChI is InChI=1S/C27H24F3N3O2/c28-27(29,30)20-8-10-22-19(11-13-33(24(22)15-20)26(35)18-4-1-2-5-18)14-25(34)32-21-9-7-17-6-3-12-31-23(17)16-21/h3,6-10,12,14-16,18H,1-2,4-5,11,13H2,(H,32,34)/b19-14+. The Hall–Kier alpha value is -3.68. The summed E-state index contributed by atoms with van der Waals surface area (Å²) in [5.41, 5.74) is 1.79. The summed E-state index contributed by atoms with van der Waals surface area (Å²) in [6.07, 6.45) is 2.35. The summed E-state index contributed by atoms with van der Waals surface area (Å²) in [4.78, 5) is 31.7. The number of hydrogen-bond donors (Lipinski definition) is 1. The molecule has 1 aromatic heterocycles. The van der Waals surface area contributed by atoms with E-state index in [0.29, 0.717) is 23.2 Å². The minimum absolute atomic E-state index is 0.129. The van der Waals surface area contributed by atoms with Gasteiger partial charge in [0.2, 0.25) is 11.8 Å². The number of nitrogens with one attached hydrogen (secondary N) is 1. The number of alkyl halides is 3. The summed E-state index contributed by atoms with van der Waals surface area (Å²) in [5, 5.41) is 3.75. The van der Waals surface area contributed by atoms with Crippen LogP contribution in [0.5, 0.6) is 0 Å². The Bertz CT molecular complexity index is 1330. The van der Waals surface area contributed by atoms with E-state index in [1.165, 1.54) is 17.0 Å². The zero-order valence-corrected chi connectivity index (χ0v) is 18.9. The molecular formula is C27H24F3N3O2. The van der Waals surface area contributed by atoms with E-state index < -0.39 is 17.6 Å². The van der Waals surface area contributed by atoms with Gasteiger partial charge in [-0.1, -0.05) is 31.0 Å². The molecule has 35 heavy (non-hydrogen) atoms. The van der Waals surface area contributed by atoms with Crippen LogP contribution in [0.15, 0.2) is 60.8 Å². The molecule has 2 amide bonds. The third-order valence-corrected chi connectivity index (χ3v) is 6.72. The van der Waals surface area contributed by atoms with Gasteiger partial charge in [0.05, 0.1) is 16.8 Å². The number of anilines is 2. The minimum Gasteiger partial charge on any atom is -0.322 e. The molecular weight excluding hydrogens is 455 g/mol. The molecule has 3 aromatic rings. The number of hydrogen-bond acceptors (Lipinski definition) is 3. The highest BCUT2D eigenvalue weighted by Gasteiger charge is 2.36. The molecule has 5 nitrogen and oxygen atoms in total. The van der Waals surface area contributed by atoms with Gasteiger partial charge in [0.15, 0.2) is 0 Å². The lowest BCUT2D eigenvalue weighted by Gasteiger charge is -2.33. The van der Waals surface area contributed by atoms with Crippen LogP contribution in [0.25, 0.3) is 16.5 Å². The molecule has 5 rings (SSSR count). The molecule has 0 unspecified atom stereocenters. The Morgan fingerprint density at radius 1 is 1.06 bits per heavy atom. The molecule has 0 bridgehead atoms. The first-order valence-corrected chi connectivity index (χ1v) is 11.7. The largest absolute Gasteiger partial charge is 0.416 e. The highest BCUT2D eigenvalue weighted by molar-refractivity contribution is 6.07. The van der Waals surface area contributed by atoms with Crippen molar-refractivity contribution in [3.05, 3.63) is 71.9 Å². The van der Waals surface area contributed by atoms with Gasteiger partial charge in [0.25, 0.3) is 0 Å². The first-order valence-electron chi connectivity index (χ1n) is 11.7. The van der Waals surface area contributed by atoms with Crippen LogP contribution in [-0.4, -0.2) is 23.3 Å². The molecule has 0 atom stereocenters. The Balaban J connectivity index is 1.45. The van der Waals surface area contributed by atoms with E-state index in [2.05, 4.69) is 10.3 Å². The lowest BCUT2D eigenvalue weighted by Crippen LogP contribution is -2.39. The highest BCUT2D eigenvalue weighted by Crippen LogP contribution is 2.41. The van der Waals surface area contributed by atoms with E-state index in [0.717, 1.165) is 48.7 Å². The smallest absolute Gasteiger partial charge is 0.322 e. The maximum absolute atomic E-state index is 13.5. The van der Waals surface area contributed by atoms with Crippen molar-refractivity contribution in [3.63, 3.8) is 0 Å². The zero-order chi connectivity index (χ0) is 24.6. The average Bonchev–Trinajstić information content (AvgIpc) is 3.38. The van der Waals surface area contributed by atoms with E-state index in [4.69, 9.17) is 0 Å². The molecule has 0 radical (unpaired) electrons. The van der Waals surface area contributed by atoms with Crippen molar-refractivity contribution >= 4 is 39.7 Å². The predicted molar refractivity (Wildman–Crippen MR) is 129 cm³/mol. The summed E-state index contributed by atoms with van der Waals surface area (Å²) >= 11 is 0. The number of aromatic nitrogens is 1. The molecule has 1 fully saturated rings. The predicted octanol–water partition coefficient (Wildman–Crippen LogP) is 6.20. The number of pyridine rings is 1. The second-order valence-electron chi connectivity index (χ2n) is 9.02. The molecule has 8 heteroatoms. The van der Waals surface area contributed by atoms with Crippen LogP contribution in [0.3, 0.4) is 0 Å². The summed E-state index contributed by atoms with van der Waals surface area (Å²) < 4.78 is 40.4. The van der Waals surface area contributed by atoms with Crippen molar-refractivity contribution in [1.82, 2.24) is 4.98 Å². The highest BCUT2D eigenvalue weighted by atomic mass is 19.4. The second-order valence-corrected chi connectivity index (χ2v) is 9.02. The summed E-state index contributed by atoms with van der Waals surface area (Å²) in [6.45, 7) is 0.239. The zero-order valence-electron chi connectivity index (χ0n) is 18.9. The average molecular weight is 480 g/mol. The summed E-state index contributed by atoms with van der Waals surface area (Å²) in [7, 11) is 0. The van der Waals surface area contributed by atoms with E-state index in [9.17, 15) is 22.8 Å². The van der Waals surface area contributed by atoms with Crippen molar-refractivity contribution in [2.24, 2.45) is 5.92 Å². The first kappa shape index (κ1) is 23.1. The number of carbonyl (C=O) groups is 2. The van der Waals surface area contributed by atoms with Gasteiger partial charge in [-0.25, -0.2) is 0 Å². The van der Waals surface area contributed by atoms with Crippen LogP contribution in [0, 0.1) is 5.92 Å². The SMILES string of the molecule is O=C(/C=C1\CCN(C(=O)C2CCCC2)c2cc(C(F)(F)F)ccc21)Nc1ccc2cccnc2c1. The fourth-order valence-corrected chi connectivity index (χ4v) is 4.94. The normalized spacial score (nSPS) is 17.6. The third-order valence-electron chi connectivity index (χ3n) is 6.72. The maximum atomic E-state index is 13.5. The molecule has 0 saturated heterocycles. The van der Waals surface area contributed by atoms with Crippen molar-refractivity contribution in [1.29, 1.82) is 0 Å². The number of halogens is 3. The fourth-order valence-electron chi connectivity index (χ4n) is 4.94. The molecule has 0 spiro atoms. The summed E-state index contributed by atoms with van der Waals surface area (Å²) in [5.74, 6) is -0.681. The summed E-state index contributed by atoms with van der Waals surface area (Å²) in [6, 6.07) is 12.5. The lowest BCUT2D eigenvalue weighted by atomic mass is 9.92. The van der Waals surface area contributed by atoms with Gasteiger partial charge in [-0.3, -0.25) is 14.6 Å². The molecule has 2 aromatic carbocycles. The molecule has 180 valence electrons. The van der Waals surface area contributed by atoms with E-state index >= 15 is 0 Å². The van der Waals surface area contributed by atoms with Gasteiger partial charge in [-0.15, -0.1) is 0 Å². The van der Waals surface area contributed by atoms with Crippen molar-refractivity contribution in [3.8, 4) is 0 Å². The van der Waals surface area contributed by atoms with Crippen molar-refractivity contribution in [2.45, 2.75) is 38.3 Å². The quantitative estimate of drug-likeness (QED) is 0.455. The minimum atomic E-state index is -4.53. The Morgan fingerprint density at radius 2 is 1.86 bits per heavy atom. The lowest BCUT2D eigenvalue weighted by molar-refractivity contribution is -0.137. The number of nitrogens with zero attached hydrogens (tertiary/aromatic N) is 2. The molecule has 1 aliphatic heterocycles. The first-order chi connectivity index (χ1) is 16.8. The van der Waals surface area contributed by atoms with Crippen LogP contribution in [-0.2, 0) is 15.8 Å². The number of fused-ring (bicyclic) bond motifs is 2. The van der Waals surface area contributed by atoms with E-state index in [-0.39, 0.29) is 24.1 Å². The van der Waals surface area contributed by atoms with Crippen LogP contribution >= 0.6 is 0 Å².